The summed E-state index contributed by atoms with van der Waals surface area (Å²) in [5.41, 5.74) is 1.07. The summed E-state index contributed by atoms with van der Waals surface area (Å²) in [4.78, 5) is 35.4. The lowest BCUT2D eigenvalue weighted by molar-refractivity contribution is -0.148. The molecule has 22 heavy (non-hydrogen) atoms. The predicted octanol–water partition coefficient (Wildman–Crippen LogP) is 2.57. The second kappa shape index (κ2) is 5.55. The van der Waals surface area contributed by atoms with Crippen LogP contribution in [0, 0.1) is 23.7 Å². The maximum absolute atomic E-state index is 12.5. The number of Topliss-reactive ketones (excluding diaryl/α,β-unsaturated/α-hetero) is 1. The summed E-state index contributed by atoms with van der Waals surface area (Å²) in [5, 5.41) is 12.2. The van der Waals surface area contributed by atoms with E-state index in [2.05, 4.69) is 5.32 Å². The number of fused-ring (bicyclic) bond motifs is 2. The van der Waals surface area contributed by atoms with Crippen LogP contribution < -0.4 is 5.32 Å². The molecule has 0 saturated heterocycles. The standard InChI is InChI=1S/C17H19NO4/c1-9(19)10-3-2-4-13(8-10)18-16(20)14-11-5-6-12(7-11)15(14)17(21)22/h2-4,8,11-12,14-15H,5-7H2,1H3,(H,18,20)(H,21,22)/t11-,12-,14-,15+/m0/s1. The van der Waals surface area contributed by atoms with Crippen LogP contribution in [-0.4, -0.2) is 22.8 Å². The first-order valence-corrected chi connectivity index (χ1v) is 7.62. The molecular formula is C17H19NO4. The lowest BCUT2D eigenvalue weighted by Crippen LogP contribution is -2.37. The summed E-state index contributed by atoms with van der Waals surface area (Å²) < 4.78 is 0. The Bertz CT molecular complexity index is 639. The molecule has 0 unspecified atom stereocenters. The van der Waals surface area contributed by atoms with Crippen molar-refractivity contribution in [3.63, 3.8) is 0 Å². The smallest absolute Gasteiger partial charge is 0.307 e. The number of carbonyl (C=O) groups is 3. The number of aliphatic carboxylic acids is 1. The van der Waals surface area contributed by atoms with Crippen LogP contribution in [0.5, 0.6) is 0 Å². The Labute approximate surface area is 128 Å². The molecular weight excluding hydrogens is 282 g/mol. The van der Waals surface area contributed by atoms with Gasteiger partial charge in [0.05, 0.1) is 11.8 Å². The number of carboxylic acids is 1. The number of rotatable bonds is 4. The van der Waals surface area contributed by atoms with Gasteiger partial charge in [-0.05, 0) is 50.2 Å². The minimum Gasteiger partial charge on any atom is -0.481 e. The lowest BCUT2D eigenvalue weighted by atomic mass is 9.78. The Morgan fingerprint density at radius 2 is 1.82 bits per heavy atom. The van der Waals surface area contributed by atoms with Gasteiger partial charge in [0, 0.05) is 11.3 Å². The van der Waals surface area contributed by atoms with Crippen molar-refractivity contribution in [3.8, 4) is 0 Å². The highest BCUT2D eigenvalue weighted by molar-refractivity contribution is 5.98. The maximum atomic E-state index is 12.5. The van der Waals surface area contributed by atoms with E-state index in [0.717, 1.165) is 19.3 Å². The predicted molar refractivity (Wildman–Crippen MR) is 80.5 cm³/mol. The van der Waals surface area contributed by atoms with Crippen LogP contribution in [-0.2, 0) is 9.59 Å². The van der Waals surface area contributed by atoms with E-state index in [0.29, 0.717) is 11.3 Å². The molecule has 2 saturated carbocycles. The molecule has 1 aromatic rings. The van der Waals surface area contributed by atoms with Crippen molar-refractivity contribution < 1.29 is 19.5 Å². The maximum Gasteiger partial charge on any atom is 0.307 e. The molecule has 0 radical (unpaired) electrons. The molecule has 2 N–H and O–H groups in total. The van der Waals surface area contributed by atoms with E-state index in [9.17, 15) is 19.5 Å². The molecule has 3 rings (SSSR count). The number of nitrogens with one attached hydrogen (secondary N) is 1. The van der Waals surface area contributed by atoms with E-state index < -0.39 is 17.8 Å². The Balaban J connectivity index is 1.78. The van der Waals surface area contributed by atoms with E-state index in [-0.39, 0.29) is 23.5 Å². The third-order valence-corrected chi connectivity index (χ3v) is 5.04. The van der Waals surface area contributed by atoms with Gasteiger partial charge in [-0.3, -0.25) is 14.4 Å². The molecule has 0 spiro atoms. The number of benzene rings is 1. The zero-order valence-corrected chi connectivity index (χ0v) is 12.4. The molecule has 1 amide bonds. The van der Waals surface area contributed by atoms with Gasteiger partial charge in [-0.1, -0.05) is 12.1 Å². The minimum atomic E-state index is -0.871. The fraction of sp³-hybridized carbons (Fsp3) is 0.471. The number of amides is 1. The van der Waals surface area contributed by atoms with Crippen molar-refractivity contribution in [2.75, 3.05) is 5.32 Å². The van der Waals surface area contributed by atoms with Crippen LogP contribution in [0.15, 0.2) is 24.3 Å². The third-order valence-electron chi connectivity index (χ3n) is 5.04. The van der Waals surface area contributed by atoms with Gasteiger partial charge in [-0.2, -0.15) is 0 Å². The Morgan fingerprint density at radius 1 is 1.14 bits per heavy atom. The second-order valence-electron chi connectivity index (χ2n) is 6.35. The fourth-order valence-electron chi connectivity index (χ4n) is 4.07. The molecule has 2 aliphatic carbocycles. The number of anilines is 1. The highest BCUT2D eigenvalue weighted by Gasteiger charge is 2.53. The zero-order chi connectivity index (χ0) is 15.9. The van der Waals surface area contributed by atoms with Gasteiger partial charge in [-0.15, -0.1) is 0 Å². The SMILES string of the molecule is CC(=O)c1cccc(NC(=O)[C@H]2[C@H]3CC[C@@H](C3)[C@H]2C(=O)O)c1. The summed E-state index contributed by atoms with van der Waals surface area (Å²) in [7, 11) is 0. The summed E-state index contributed by atoms with van der Waals surface area (Å²) >= 11 is 0. The monoisotopic (exact) mass is 301 g/mol. The summed E-state index contributed by atoms with van der Waals surface area (Å²) in [6, 6.07) is 6.74. The van der Waals surface area contributed by atoms with Crippen molar-refractivity contribution in [3.05, 3.63) is 29.8 Å². The largest absolute Gasteiger partial charge is 0.481 e. The van der Waals surface area contributed by atoms with Crippen LogP contribution in [0.3, 0.4) is 0 Å². The number of ketones is 1. The van der Waals surface area contributed by atoms with Gasteiger partial charge in [0.15, 0.2) is 5.78 Å². The topological polar surface area (TPSA) is 83.5 Å². The highest BCUT2D eigenvalue weighted by Crippen LogP contribution is 2.52. The fourth-order valence-corrected chi connectivity index (χ4v) is 4.07. The first-order valence-electron chi connectivity index (χ1n) is 7.62. The first-order chi connectivity index (χ1) is 10.5. The molecule has 4 atom stereocenters. The van der Waals surface area contributed by atoms with E-state index in [1.807, 2.05) is 0 Å². The third kappa shape index (κ3) is 2.51. The molecule has 1 aromatic carbocycles. The minimum absolute atomic E-state index is 0.0700. The summed E-state index contributed by atoms with van der Waals surface area (Å²) in [5.74, 6) is -1.92. The molecule has 0 aliphatic heterocycles. The molecule has 2 bridgehead atoms. The van der Waals surface area contributed by atoms with Crippen molar-refractivity contribution in [1.29, 1.82) is 0 Å². The molecule has 5 heteroatoms. The highest BCUT2D eigenvalue weighted by atomic mass is 16.4. The molecule has 0 heterocycles. The van der Waals surface area contributed by atoms with Gasteiger partial charge in [0.2, 0.25) is 5.91 Å². The van der Waals surface area contributed by atoms with Crippen molar-refractivity contribution in [2.24, 2.45) is 23.7 Å². The van der Waals surface area contributed by atoms with Crippen LogP contribution >= 0.6 is 0 Å². The molecule has 2 fully saturated rings. The van der Waals surface area contributed by atoms with E-state index in [1.54, 1.807) is 24.3 Å². The van der Waals surface area contributed by atoms with E-state index in [4.69, 9.17) is 0 Å². The van der Waals surface area contributed by atoms with Gasteiger partial charge in [-0.25, -0.2) is 0 Å². The van der Waals surface area contributed by atoms with Crippen LogP contribution in [0.4, 0.5) is 5.69 Å². The van der Waals surface area contributed by atoms with Gasteiger partial charge < -0.3 is 10.4 Å². The summed E-state index contributed by atoms with van der Waals surface area (Å²) in [6.07, 6.45) is 2.67. The normalized spacial score (nSPS) is 29.3. The number of carbonyl (C=O) groups excluding carboxylic acids is 2. The van der Waals surface area contributed by atoms with Gasteiger partial charge in [0.25, 0.3) is 0 Å². The molecule has 5 nitrogen and oxygen atoms in total. The Kier molecular flexibility index (Phi) is 3.72. The average Bonchev–Trinajstić information content (AvgIpc) is 3.07. The lowest BCUT2D eigenvalue weighted by Gasteiger charge is -2.27. The van der Waals surface area contributed by atoms with Crippen molar-refractivity contribution in [2.45, 2.75) is 26.2 Å². The number of carboxylic acid groups (broad SMARTS) is 1. The van der Waals surface area contributed by atoms with E-state index in [1.165, 1.54) is 6.92 Å². The number of hydrogen-bond donors (Lipinski definition) is 2. The van der Waals surface area contributed by atoms with Crippen LogP contribution in [0.2, 0.25) is 0 Å². The first kappa shape index (κ1) is 14.8. The quantitative estimate of drug-likeness (QED) is 0.837. The van der Waals surface area contributed by atoms with Crippen LogP contribution in [0.1, 0.15) is 36.5 Å². The van der Waals surface area contributed by atoms with Crippen molar-refractivity contribution >= 4 is 23.3 Å². The number of hydrogen-bond acceptors (Lipinski definition) is 3. The van der Waals surface area contributed by atoms with Gasteiger partial charge >= 0.3 is 5.97 Å². The Morgan fingerprint density at radius 3 is 2.45 bits per heavy atom. The molecule has 0 aromatic heterocycles. The van der Waals surface area contributed by atoms with Crippen molar-refractivity contribution in [1.82, 2.24) is 0 Å². The zero-order valence-electron chi connectivity index (χ0n) is 12.4. The summed E-state index contributed by atoms with van der Waals surface area (Å²) in [6.45, 7) is 1.47. The molecule has 2 aliphatic rings. The Hall–Kier alpha value is -2.17. The second-order valence-corrected chi connectivity index (χ2v) is 6.35. The van der Waals surface area contributed by atoms with E-state index >= 15 is 0 Å². The average molecular weight is 301 g/mol. The van der Waals surface area contributed by atoms with Gasteiger partial charge in [0.1, 0.15) is 0 Å². The van der Waals surface area contributed by atoms with Crippen LogP contribution in [0.25, 0.3) is 0 Å². The molecule has 116 valence electrons.